The maximum atomic E-state index is 13.2. The monoisotopic (exact) mass is 436 g/mol. The van der Waals surface area contributed by atoms with Crippen LogP contribution in [0.15, 0.2) is 66.4 Å². The van der Waals surface area contributed by atoms with Crippen molar-refractivity contribution in [2.24, 2.45) is 0 Å². The highest BCUT2D eigenvalue weighted by molar-refractivity contribution is 5.99. The van der Waals surface area contributed by atoms with E-state index in [0.29, 0.717) is 22.8 Å². The number of hydrogen-bond donors (Lipinski definition) is 2. The summed E-state index contributed by atoms with van der Waals surface area (Å²) in [5, 5.41) is 9.31. The number of amides is 2. The first kappa shape index (κ1) is 22.4. The number of rotatable bonds is 7. The van der Waals surface area contributed by atoms with Gasteiger partial charge in [0, 0.05) is 13.0 Å². The van der Waals surface area contributed by atoms with Crippen molar-refractivity contribution in [3.05, 3.63) is 83.4 Å². The fourth-order valence-corrected chi connectivity index (χ4v) is 2.81. The van der Waals surface area contributed by atoms with Gasteiger partial charge in [-0.15, -0.1) is 0 Å². The van der Waals surface area contributed by atoms with Gasteiger partial charge in [0.05, 0.1) is 11.4 Å². The lowest BCUT2D eigenvalue weighted by Crippen LogP contribution is -2.29. The molecule has 1 aromatic heterocycles. The van der Waals surface area contributed by atoms with E-state index in [1.165, 1.54) is 41.9 Å². The highest BCUT2D eigenvalue weighted by Crippen LogP contribution is 2.17. The average molecular weight is 436 g/mol. The largest absolute Gasteiger partial charge is 0.451 e. The summed E-state index contributed by atoms with van der Waals surface area (Å²) in [5.74, 6) is -1.98. The molecule has 0 saturated carbocycles. The molecule has 0 saturated heterocycles. The van der Waals surface area contributed by atoms with E-state index in [1.807, 2.05) is 6.07 Å². The number of carbonyl (C=O) groups is 3. The van der Waals surface area contributed by atoms with E-state index in [9.17, 15) is 18.8 Å². The fourth-order valence-electron chi connectivity index (χ4n) is 2.81. The molecule has 164 valence electrons. The van der Waals surface area contributed by atoms with Crippen LogP contribution in [-0.4, -0.2) is 34.2 Å². The van der Waals surface area contributed by atoms with Crippen molar-refractivity contribution in [1.29, 1.82) is 0 Å². The smallest absolute Gasteiger partial charge is 0.355 e. The Balaban J connectivity index is 1.67. The zero-order valence-corrected chi connectivity index (χ0v) is 17.5. The molecule has 9 heteroatoms. The number of aryl methyl sites for hydroxylation is 1. The molecule has 8 nitrogen and oxygen atoms in total. The van der Waals surface area contributed by atoms with Crippen LogP contribution in [0.3, 0.4) is 0 Å². The van der Waals surface area contributed by atoms with Crippen molar-refractivity contribution in [3.8, 4) is 5.69 Å². The molecule has 0 fully saturated rings. The first-order chi connectivity index (χ1) is 15.3. The van der Waals surface area contributed by atoms with Crippen LogP contribution in [0.2, 0.25) is 0 Å². The van der Waals surface area contributed by atoms with Crippen molar-refractivity contribution in [1.82, 2.24) is 15.1 Å². The second kappa shape index (κ2) is 10.2. The zero-order valence-electron chi connectivity index (χ0n) is 17.5. The lowest BCUT2D eigenvalue weighted by molar-refractivity contribution is -0.144. The maximum Gasteiger partial charge on any atom is 0.355 e. The summed E-state index contributed by atoms with van der Waals surface area (Å²) in [5.41, 5.74) is 1.76. The predicted octanol–water partition coefficient (Wildman–Crippen LogP) is 2.98. The second-order valence-corrected chi connectivity index (χ2v) is 6.83. The highest BCUT2D eigenvalue weighted by Gasteiger charge is 2.16. The molecule has 0 bridgehead atoms. The number of esters is 1. The molecule has 0 radical (unpaired) electrons. The number of carbonyl (C=O) groups excluding carboxylic acids is 3. The summed E-state index contributed by atoms with van der Waals surface area (Å²) < 4.78 is 19.7. The Kier molecular flexibility index (Phi) is 7.12. The predicted molar refractivity (Wildman–Crippen MR) is 116 cm³/mol. The number of hydrogen-bond acceptors (Lipinski definition) is 5. The van der Waals surface area contributed by atoms with E-state index < -0.39 is 30.2 Å². The molecule has 0 unspecified atom stereocenters. The summed E-state index contributed by atoms with van der Waals surface area (Å²) in [6.07, 6.45) is 1.45. The number of nitrogens with one attached hydrogen (secondary N) is 2. The Bertz CT molecular complexity index is 1150. The molecule has 32 heavy (non-hydrogen) atoms. The molecule has 2 amide bonds. The molecule has 1 heterocycles. The van der Waals surface area contributed by atoms with Gasteiger partial charge in [0.25, 0.3) is 5.91 Å². The lowest BCUT2D eigenvalue weighted by Gasteiger charge is -2.11. The normalized spacial score (nSPS) is 11.0. The van der Waals surface area contributed by atoms with Gasteiger partial charge in [-0.1, -0.05) is 30.3 Å². The molecule has 0 aliphatic rings. The van der Waals surface area contributed by atoms with Crippen LogP contribution < -0.4 is 10.6 Å². The van der Waals surface area contributed by atoms with Crippen molar-refractivity contribution in [2.75, 3.05) is 11.9 Å². The van der Waals surface area contributed by atoms with Crippen molar-refractivity contribution < 1.29 is 23.5 Å². The van der Waals surface area contributed by atoms with Crippen molar-refractivity contribution >= 4 is 29.7 Å². The molecule has 0 aliphatic heterocycles. The number of anilines is 1. The lowest BCUT2D eigenvalue weighted by atomic mass is 10.2. The van der Waals surface area contributed by atoms with Crippen LogP contribution in [0.5, 0.6) is 0 Å². The van der Waals surface area contributed by atoms with E-state index >= 15 is 0 Å². The van der Waals surface area contributed by atoms with Gasteiger partial charge in [-0.2, -0.15) is 5.10 Å². The van der Waals surface area contributed by atoms with Crippen molar-refractivity contribution in [3.63, 3.8) is 0 Å². The van der Waals surface area contributed by atoms with E-state index in [-0.39, 0.29) is 5.70 Å². The molecule has 2 aromatic carbocycles. The first-order valence-corrected chi connectivity index (χ1v) is 9.66. The number of ether oxygens (including phenoxy) is 1. The summed E-state index contributed by atoms with van der Waals surface area (Å²) in [4.78, 5) is 36.2. The molecule has 2 N–H and O–H groups in total. The van der Waals surface area contributed by atoms with Gasteiger partial charge in [0.2, 0.25) is 5.91 Å². The Morgan fingerprint density at radius 2 is 1.78 bits per heavy atom. The molecule has 3 aromatic rings. The molecule has 0 atom stereocenters. The third-order valence-corrected chi connectivity index (χ3v) is 4.15. The number of halogens is 1. The van der Waals surface area contributed by atoms with Gasteiger partial charge in [0.1, 0.15) is 17.3 Å². The van der Waals surface area contributed by atoms with E-state index in [1.54, 1.807) is 37.3 Å². The summed E-state index contributed by atoms with van der Waals surface area (Å²) in [6, 6.07) is 16.1. The van der Waals surface area contributed by atoms with E-state index in [2.05, 4.69) is 15.7 Å². The summed E-state index contributed by atoms with van der Waals surface area (Å²) >= 11 is 0. The van der Waals surface area contributed by atoms with Crippen LogP contribution >= 0.6 is 0 Å². The minimum absolute atomic E-state index is 0.0938. The minimum atomic E-state index is -0.859. The third-order valence-electron chi connectivity index (χ3n) is 4.15. The van der Waals surface area contributed by atoms with Crippen molar-refractivity contribution in [2.45, 2.75) is 13.8 Å². The first-order valence-electron chi connectivity index (χ1n) is 9.66. The van der Waals surface area contributed by atoms with E-state index in [0.717, 1.165) is 0 Å². The fraction of sp³-hybridized carbons (Fsp3) is 0.130. The Labute approximate surface area is 183 Å². The van der Waals surface area contributed by atoms with Crippen LogP contribution in [0, 0.1) is 12.7 Å². The SMILES string of the molecule is CC(=O)N/C(=C\c1ccccc1)C(=O)OCC(=O)Nc1cc(C)nn1-c1ccc(F)cc1. The Morgan fingerprint density at radius 3 is 2.44 bits per heavy atom. The van der Waals surface area contributed by atoms with Gasteiger partial charge >= 0.3 is 5.97 Å². The van der Waals surface area contributed by atoms with Gasteiger partial charge in [0.15, 0.2) is 6.61 Å². The molecule has 3 rings (SSSR count). The highest BCUT2D eigenvalue weighted by atomic mass is 19.1. The van der Waals surface area contributed by atoms with Crippen LogP contribution in [0.25, 0.3) is 11.8 Å². The van der Waals surface area contributed by atoms with Crippen LogP contribution in [0.4, 0.5) is 10.2 Å². The van der Waals surface area contributed by atoms with Gasteiger partial charge in [-0.3, -0.25) is 9.59 Å². The molecule has 0 aliphatic carbocycles. The number of aromatic nitrogens is 2. The number of nitrogens with zero attached hydrogens (tertiary/aromatic N) is 2. The van der Waals surface area contributed by atoms with E-state index in [4.69, 9.17) is 4.74 Å². The zero-order chi connectivity index (χ0) is 23.1. The van der Waals surface area contributed by atoms with Crippen LogP contribution in [-0.2, 0) is 19.1 Å². The van der Waals surface area contributed by atoms with Gasteiger partial charge in [-0.25, -0.2) is 13.9 Å². The quantitative estimate of drug-likeness (QED) is 0.438. The molecule has 0 spiro atoms. The Hall–Kier alpha value is -4.27. The third kappa shape index (κ3) is 6.11. The standard InChI is InChI=1S/C23H21FN4O4/c1-15-12-21(28(27-15)19-10-8-18(24)9-11-19)26-22(30)14-32-23(31)20(25-16(2)29)13-17-6-4-3-5-7-17/h3-13H,14H2,1-2H3,(H,25,29)(H,26,30)/b20-13-. The topological polar surface area (TPSA) is 102 Å². The average Bonchev–Trinajstić information content (AvgIpc) is 3.12. The molecular weight excluding hydrogens is 415 g/mol. The Morgan fingerprint density at radius 1 is 1.09 bits per heavy atom. The number of benzene rings is 2. The second-order valence-electron chi connectivity index (χ2n) is 6.83. The summed E-state index contributed by atoms with van der Waals surface area (Å²) in [7, 11) is 0. The summed E-state index contributed by atoms with van der Waals surface area (Å²) in [6.45, 7) is 2.42. The van der Waals surface area contributed by atoms with Crippen LogP contribution in [0.1, 0.15) is 18.2 Å². The molecular formula is C23H21FN4O4. The minimum Gasteiger partial charge on any atom is -0.451 e. The van der Waals surface area contributed by atoms with Gasteiger partial charge < -0.3 is 15.4 Å². The maximum absolute atomic E-state index is 13.2. The van der Waals surface area contributed by atoms with Gasteiger partial charge in [-0.05, 0) is 42.8 Å².